The van der Waals surface area contributed by atoms with Gasteiger partial charge in [0.1, 0.15) is 23.4 Å². The fourth-order valence-corrected chi connectivity index (χ4v) is 5.55. The monoisotopic (exact) mass is 613 g/mol. The zero-order chi connectivity index (χ0) is 32.0. The molecule has 3 aromatic rings. The van der Waals surface area contributed by atoms with Crippen LogP contribution in [0.15, 0.2) is 72.8 Å². The number of rotatable bonds is 16. The van der Waals surface area contributed by atoms with Gasteiger partial charge in [-0.1, -0.05) is 80.7 Å². The number of alkyl halides is 1. The Morgan fingerprint density at radius 1 is 0.844 bits per heavy atom. The van der Waals surface area contributed by atoms with E-state index in [-0.39, 0.29) is 18.6 Å². The molecule has 6 nitrogen and oxygen atoms in total. The van der Waals surface area contributed by atoms with Crippen LogP contribution in [-0.4, -0.2) is 31.7 Å². The first kappa shape index (κ1) is 33.7. The molecule has 1 atom stereocenters. The quantitative estimate of drug-likeness (QED) is 0.0988. The van der Waals surface area contributed by atoms with E-state index in [0.717, 1.165) is 65.8 Å². The number of ether oxygens (including phenoxy) is 3. The number of carbonyl (C=O) groups excluding carboxylic acids is 2. The largest absolute Gasteiger partial charge is 0.480 e. The second-order valence-electron chi connectivity index (χ2n) is 11.3. The molecule has 1 aliphatic heterocycles. The average Bonchev–Trinajstić information content (AvgIpc) is 3.01. The lowest BCUT2D eigenvalue weighted by Gasteiger charge is -2.31. The number of carbonyl (C=O) groups is 2. The zero-order valence-corrected chi connectivity index (χ0v) is 26.6. The summed E-state index contributed by atoms with van der Waals surface area (Å²) in [6.07, 6.45) is 11.5. The van der Waals surface area contributed by atoms with E-state index in [1.54, 1.807) is 12.1 Å². The van der Waals surface area contributed by atoms with E-state index < -0.39 is 6.10 Å². The molecule has 0 amide bonds. The highest BCUT2D eigenvalue weighted by molar-refractivity contribution is 5.96. The predicted octanol–water partition coefficient (Wildman–Crippen LogP) is 8.90. The van der Waals surface area contributed by atoms with E-state index >= 15 is 0 Å². The van der Waals surface area contributed by atoms with Crippen LogP contribution < -0.4 is 19.5 Å². The van der Waals surface area contributed by atoms with Gasteiger partial charge < -0.3 is 19.5 Å². The van der Waals surface area contributed by atoms with E-state index in [9.17, 15) is 14.0 Å². The van der Waals surface area contributed by atoms with Crippen molar-refractivity contribution in [2.75, 3.05) is 19.8 Å². The van der Waals surface area contributed by atoms with Crippen molar-refractivity contribution in [1.29, 1.82) is 0 Å². The fourth-order valence-electron chi connectivity index (χ4n) is 5.55. The van der Waals surface area contributed by atoms with Crippen molar-refractivity contribution in [3.63, 3.8) is 0 Å². The SMILES string of the molecule is CC(=O)Oc1cccc(C2=C(C)c3cc(OC(C)=O)ccc3OC2c2ccc(C=CCNCCCCCCCCCF)cc2)c1. The Bertz CT molecular complexity index is 1490. The third kappa shape index (κ3) is 10.1. The molecule has 0 aliphatic carbocycles. The number of esters is 2. The summed E-state index contributed by atoms with van der Waals surface area (Å²) in [5.74, 6) is 0.822. The van der Waals surface area contributed by atoms with Crippen LogP contribution in [0, 0.1) is 0 Å². The average molecular weight is 614 g/mol. The molecule has 0 spiro atoms. The minimum Gasteiger partial charge on any atom is -0.480 e. The molecule has 7 heteroatoms. The number of benzene rings is 3. The second kappa shape index (κ2) is 17.3. The molecule has 238 valence electrons. The van der Waals surface area contributed by atoms with Crippen LogP contribution in [0.2, 0.25) is 0 Å². The summed E-state index contributed by atoms with van der Waals surface area (Å²) >= 11 is 0. The molecule has 1 aliphatic rings. The molecule has 1 heterocycles. The van der Waals surface area contributed by atoms with Crippen LogP contribution in [-0.2, 0) is 9.59 Å². The highest BCUT2D eigenvalue weighted by atomic mass is 19.1. The molecule has 0 fully saturated rings. The van der Waals surface area contributed by atoms with Crippen LogP contribution >= 0.6 is 0 Å². The van der Waals surface area contributed by atoms with E-state index in [2.05, 4.69) is 41.7 Å². The van der Waals surface area contributed by atoms with Crippen LogP contribution in [0.25, 0.3) is 17.2 Å². The third-order valence-electron chi connectivity index (χ3n) is 7.73. The number of hydrogen-bond acceptors (Lipinski definition) is 6. The third-order valence-corrected chi connectivity index (χ3v) is 7.73. The van der Waals surface area contributed by atoms with Gasteiger partial charge >= 0.3 is 11.9 Å². The van der Waals surface area contributed by atoms with Gasteiger partial charge in [0, 0.05) is 31.5 Å². The molecule has 0 aromatic heterocycles. The Balaban J connectivity index is 1.45. The Labute approximate surface area is 266 Å². The fraction of sp³-hybridized carbons (Fsp3) is 0.368. The van der Waals surface area contributed by atoms with Crippen molar-refractivity contribution in [3.05, 3.63) is 95.1 Å². The van der Waals surface area contributed by atoms with E-state index in [1.807, 2.05) is 37.3 Å². The molecule has 1 N–H and O–H groups in total. The van der Waals surface area contributed by atoms with Crippen molar-refractivity contribution >= 4 is 29.2 Å². The lowest BCUT2D eigenvalue weighted by Crippen LogP contribution is -2.17. The first-order valence-corrected chi connectivity index (χ1v) is 15.9. The second-order valence-corrected chi connectivity index (χ2v) is 11.3. The molecule has 0 saturated carbocycles. The van der Waals surface area contributed by atoms with Crippen LogP contribution in [0.4, 0.5) is 4.39 Å². The Kier molecular flexibility index (Phi) is 12.9. The van der Waals surface area contributed by atoms with E-state index in [0.29, 0.717) is 23.7 Å². The van der Waals surface area contributed by atoms with Gasteiger partial charge in [0.15, 0.2) is 0 Å². The number of unbranched alkanes of at least 4 members (excludes halogenated alkanes) is 6. The van der Waals surface area contributed by atoms with E-state index in [4.69, 9.17) is 14.2 Å². The molecule has 4 rings (SSSR count). The molecule has 0 radical (unpaired) electrons. The van der Waals surface area contributed by atoms with Gasteiger partial charge in [-0.25, -0.2) is 0 Å². The summed E-state index contributed by atoms with van der Waals surface area (Å²) in [7, 11) is 0. The van der Waals surface area contributed by atoms with Gasteiger partial charge in [-0.3, -0.25) is 14.0 Å². The molecule has 0 saturated heterocycles. The summed E-state index contributed by atoms with van der Waals surface area (Å²) in [4.78, 5) is 23.3. The molecular weight excluding hydrogens is 569 g/mol. The number of allylic oxidation sites excluding steroid dienone is 1. The van der Waals surface area contributed by atoms with Crippen molar-refractivity contribution in [1.82, 2.24) is 5.32 Å². The van der Waals surface area contributed by atoms with Gasteiger partial charge in [0.2, 0.25) is 0 Å². The van der Waals surface area contributed by atoms with Gasteiger partial charge in [-0.2, -0.15) is 0 Å². The highest BCUT2D eigenvalue weighted by Crippen LogP contribution is 2.47. The highest BCUT2D eigenvalue weighted by Gasteiger charge is 2.30. The maximum Gasteiger partial charge on any atom is 0.308 e. The lowest BCUT2D eigenvalue weighted by atomic mass is 9.86. The molecule has 3 aromatic carbocycles. The summed E-state index contributed by atoms with van der Waals surface area (Å²) in [6, 6.07) is 21.1. The Morgan fingerprint density at radius 3 is 2.20 bits per heavy atom. The first-order chi connectivity index (χ1) is 21.9. The summed E-state index contributed by atoms with van der Waals surface area (Å²) in [5, 5.41) is 3.48. The van der Waals surface area contributed by atoms with E-state index in [1.165, 1.54) is 33.1 Å². The molecular formula is C38H44FNO5. The van der Waals surface area contributed by atoms with Crippen LogP contribution in [0.1, 0.15) is 94.1 Å². The van der Waals surface area contributed by atoms with Crippen molar-refractivity contribution in [3.8, 4) is 17.2 Å². The smallest absolute Gasteiger partial charge is 0.308 e. The van der Waals surface area contributed by atoms with Gasteiger partial charge in [0.05, 0.1) is 6.67 Å². The minimum absolute atomic E-state index is 0.194. The van der Waals surface area contributed by atoms with Crippen molar-refractivity contribution < 1.29 is 28.2 Å². The first-order valence-electron chi connectivity index (χ1n) is 15.9. The molecule has 1 unspecified atom stereocenters. The standard InChI is InChI=1S/C38H44FNO5/c1-27-35-26-34(44-29(3)42)20-21-36(35)45-38(37(27)32-14-11-15-33(25-32)43-28(2)41)31-18-16-30(17-19-31)13-12-24-40-23-10-8-6-4-5-7-9-22-39/h11-21,25-26,38,40H,4-10,22-24H2,1-3H3. The maximum atomic E-state index is 12.1. The summed E-state index contributed by atoms with van der Waals surface area (Å²) in [6.45, 7) is 6.38. The normalized spacial score (nSPS) is 14.3. The van der Waals surface area contributed by atoms with Crippen molar-refractivity contribution in [2.45, 2.75) is 71.8 Å². The van der Waals surface area contributed by atoms with Crippen LogP contribution in [0.5, 0.6) is 17.2 Å². The van der Waals surface area contributed by atoms with Gasteiger partial charge in [0.25, 0.3) is 0 Å². The number of hydrogen-bond donors (Lipinski definition) is 1. The van der Waals surface area contributed by atoms with Crippen LogP contribution in [0.3, 0.4) is 0 Å². The number of fused-ring (bicyclic) bond motifs is 1. The van der Waals surface area contributed by atoms with Gasteiger partial charge in [-0.15, -0.1) is 0 Å². The summed E-state index contributed by atoms with van der Waals surface area (Å²) in [5.41, 5.74) is 5.68. The van der Waals surface area contributed by atoms with Gasteiger partial charge in [-0.05, 0) is 78.9 Å². The van der Waals surface area contributed by atoms with Crippen molar-refractivity contribution in [2.24, 2.45) is 0 Å². The predicted molar refractivity (Wildman–Crippen MR) is 178 cm³/mol. The minimum atomic E-state index is -0.409. The number of nitrogens with one attached hydrogen (secondary N) is 1. The molecule has 0 bridgehead atoms. The zero-order valence-electron chi connectivity index (χ0n) is 26.6. The summed E-state index contributed by atoms with van der Waals surface area (Å²) < 4.78 is 29.5. The Hall–Kier alpha value is -4.23. The lowest BCUT2D eigenvalue weighted by molar-refractivity contribution is -0.132. The topological polar surface area (TPSA) is 73.9 Å². The Morgan fingerprint density at radius 2 is 1.51 bits per heavy atom. The number of halogens is 1. The maximum absolute atomic E-state index is 12.1. The molecule has 45 heavy (non-hydrogen) atoms.